The predicted octanol–water partition coefficient (Wildman–Crippen LogP) is 2.82. The molecule has 2 amide bonds. The van der Waals surface area contributed by atoms with Crippen LogP contribution in [0, 0.1) is 0 Å². The molecule has 188 valence electrons. The molecule has 11 heteroatoms. The number of methoxy groups -OCH3 is 2. The van der Waals surface area contributed by atoms with Crippen molar-refractivity contribution in [1.29, 1.82) is 0 Å². The number of fused-ring (bicyclic) bond motifs is 1. The van der Waals surface area contributed by atoms with Gasteiger partial charge in [-0.1, -0.05) is 6.92 Å². The van der Waals surface area contributed by atoms with Crippen LogP contribution in [-0.4, -0.2) is 59.5 Å². The van der Waals surface area contributed by atoms with E-state index in [0.717, 1.165) is 16.1 Å². The number of benzene rings is 2. The summed E-state index contributed by atoms with van der Waals surface area (Å²) in [7, 11) is -0.613. The summed E-state index contributed by atoms with van der Waals surface area (Å²) < 4.78 is 36.3. The Morgan fingerprint density at radius 1 is 1.11 bits per heavy atom. The highest BCUT2D eigenvalue weighted by Gasteiger charge is 2.35. The van der Waals surface area contributed by atoms with Gasteiger partial charge in [0.05, 0.1) is 31.9 Å². The number of carbonyl (C=O) groups is 2. The fourth-order valence-corrected chi connectivity index (χ4v) is 4.77. The fourth-order valence-electron chi connectivity index (χ4n) is 3.91. The average molecular weight is 503 g/mol. The lowest BCUT2D eigenvalue weighted by Crippen LogP contribution is -2.40. The number of likely N-dealkylation sites (N-methyl/N-ethyl adjacent to an activating group) is 1. The van der Waals surface area contributed by atoms with E-state index in [1.54, 1.807) is 43.3 Å². The Morgan fingerprint density at radius 3 is 2.29 bits per heavy atom. The third kappa shape index (κ3) is 5.73. The molecular formula is C24H30N4O6S. The zero-order valence-corrected chi connectivity index (χ0v) is 21.2. The van der Waals surface area contributed by atoms with Gasteiger partial charge in [0.25, 0.3) is 0 Å². The molecule has 0 spiro atoms. The lowest BCUT2D eigenvalue weighted by molar-refractivity contribution is -0.119. The molecule has 0 saturated carbocycles. The van der Waals surface area contributed by atoms with E-state index in [9.17, 15) is 18.0 Å². The maximum absolute atomic E-state index is 12.8. The van der Waals surface area contributed by atoms with Crippen LogP contribution in [0.2, 0.25) is 0 Å². The summed E-state index contributed by atoms with van der Waals surface area (Å²) in [6.45, 7) is 3.76. The fraction of sp³-hybridized carbons (Fsp3) is 0.375. The number of anilines is 2. The first-order valence-electron chi connectivity index (χ1n) is 11.1. The molecule has 1 unspecified atom stereocenters. The van der Waals surface area contributed by atoms with Gasteiger partial charge < -0.3 is 20.1 Å². The smallest absolute Gasteiger partial charge is 0.240 e. The second kappa shape index (κ2) is 10.8. The van der Waals surface area contributed by atoms with Gasteiger partial charge in [-0.05, 0) is 49.2 Å². The standard InChI is InChI=1S/C24H30N4O6S/c1-6-18(23-17-12-20(33-3)21(34-4)13-19(17)27-24(23)30)26-15-8-10-16(11-9-15)28(35(5,31)32)14-22(29)25-7-2/h8-13,23H,6-7,14H2,1-5H3,(H,25,29)(H,27,30). The monoisotopic (exact) mass is 502 g/mol. The SMILES string of the molecule is CCNC(=O)CN(c1ccc(N=C(CC)C2C(=O)Nc3cc(OC)c(OC)cc32)cc1)S(C)(=O)=O. The first-order chi connectivity index (χ1) is 16.6. The Bertz CT molecular complexity index is 1240. The lowest BCUT2D eigenvalue weighted by atomic mass is 9.93. The van der Waals surface area contributed by atoms with Crippen LogP contribution in [0.5, 0.6) is 11.5 Å². The Hall–Kier alpha value is -3.60. The summed E-state index contributed by atoms with van der Waals surface area (Å²) in [4.78, 5) is 29.5. The zero-order valence-electron chi connectivity index (χ0n) is 20.4. The topological polar surface area (TPSA) is 126 Å². The van der Waals surface area contributed by atoms with Gasteiger partial charge in [-0.25, -0.2) is 8.42 Å². The van der Waals surface area contributed by atoms with Crippen molar-refractivity contribution in [2.24, 2.45) is 4.99 Å². The van der Waals surface area contributed by atoms with Crippen LogP contribution in [0.3, 0.4) is 0 Å². The average Bonchev–Trinajstić information content (AvgIpc) is 3.14. The summed E-state index contributed by atoms with van der Waals surface area (Å²) in [6.07, 6.45) is 1.56. The third-order valence-corrected chi connectivity index (χ3v) is 6.69. The number of sulfonamides is 1. The second-order valence-corrected chi connectivity index (χ2v) is 9.82. The number of hydrogen-bond donors (Lipinski definition) is 2. The van der Waals surface area contributed by atoms with Crippen molar-refractivity contribution < 1.29 is 27.5 Å². The molecule has 1 aliphatic heterocycles. The summed E-state index contributed by atoms with van der Waals surface area (Å²) in [5.41, 5.74) is 2.93. The molecule has 0 aromatic heterocycles. The first kappa shape index (κ1) is 26.0. The van der Waals surface area contributed by atoms with Gasteiger partial charge >= 0.3 is 0 Å². The van der Waals surface area contributed by atoms with E-state index < -0.39 is 21.8 Å². The van der Waals surface area contributed by atoms with Crippen molar-refractivity contribution in [3.63, 3.8) is 0 Å². The molecule has 3 rings (SSSR count). The van der Waals surface area contributed by atoms with E-state index >= 15 is 0 Å². The van der Waals surface area contributed by atoms with Gasteiger partial charge in [0.15, 0.2) is 11.5 Å². The molecule has 0 bridgehead atoms. The largest absolute Gasteiger partial charge is 0.493 e. The van der Waals surface area contributed by atoms with E-state index in [1.165, 1.54) is 14.2 Å². The van der Waals surface area contributed by atoms with E-state index in [0.29, 0.717) is 47.2 Å². The molecule has 0 saturated heterocycles. The number of hydrogen-bond acceptors (Lipinski definition) is 7. The van der Waals surface area contributed by atoms with Crippen LogP contribution in [0.25, 0.3) is 0 Å². The van der Waals surface area contributed by atoms with Gasteiger partial charge in [-0.2, -0.15) is 0 Å². The number of ether oxygens (including phenoxy) is 2. The van der Waals surface area contributed by atoms with Crippen LogP contribution in [-0.2, 0) is 19.6 Å². The second-order valence-electron chi connectivity index (χ2n) is 7.91. The number of aliphatic imine (C=N–C) groups is 1. The van der Waals surface area contributed by atoms with Gasteiger partial charge in [0.1, 0.15) is 12.5 Å². The number of nitrogens with zero attached hydrogens (tertiary/aromatic N) is 2. The molecule has 0 radical (unpaired) electrons. The van der Waals surface area contributed by atoms with Crippen LogP contribution in [0.15, 0.2) is 41.4 Å². The molecule has 0 fully saturated rings. The predicted molar refractivity (Wildman–Crippen MR) is 136 cm³/mol. The van der Waals surface area contributed by atoms with Crippen molar-refractivity contribution in [1.82, 2.24) is 5.32 Å². The van der Waals surface area contributed by atoms with Gasteiger partial charge in [-0.15, -0.1) is 0 Å². The molecule has 1 aliphatic rings. The van der Waals surface area contributed by atoms with Crippen molar-refractivity contribution in [2.45, 2.75) is 26.2 Å². The quantitative estimate of drug-likeness (QED) is 0.481. The molecule has 2 N–H and O–H groups in total. The zero-order chi connectivity index (χ0) is 25.8. The lowest BCUT2D eigenvalue weighted by Gasteiger charge is -2.22. The number of rotatable bonds is 10. The Labute approximate surface area is 205 Å². The minimum absolute atomic E-state index is 0.197. The molecule has 10 nitrogen and oxygen atoms in total. The minimum atomic E-state index is -3.68. The highest BCUT2D eigenvalue weighted by atomic mass is 32.2. The summed E-state index contributed by atoms with van der Waals surface area (Å²) in [6, 6.07) is 9.98. The number of carbonyl (C=O) groups excluding carboxylic acids is 2. The molecule has 0 aliphatic carbocycles. The molecule has 2 aromatic rings. The number of nitrogens with one attached hydrogen (secondary N) is 2. The summed E-state index contributed by atoms with van der Waals surface area (Å²) in [5.74, 6) is -0.162. The molecular weight excluding hydrogens is 472 g/mol. The molecule has 1 atom stereocenters. The van der Waals surface area contributed by atoms with E-state index in [2.05, 4.69) is 10.6 Å². The van der Waals surface area contributed by atoms with Crippen molar-refractivity contribution >= 4 is 44.6 Å². The van der Waals surface area contributed by atoms with Crippen LogP contribution in [0.4, 0.5) is 17.1 Å². The van der Waals surface area contributed by atoms with E-state index in [-0.39, 0.29) is 12.5 Å². The summed E-state index contributed by atoms with van der Waals surface area (Å²) >= 11 is 0. The minimum Gasteiger partial charge on any atom is -0.493 e. The van der Waals surface area contributed by atoms with Gasteiger partial charge in [0, 0.05) is 24.0 Å². The highest BCUT2D eigenvalue weighted by Crippen LogP contribution is 2.42. The van der Waals surface area contributed by atoms with Crippen molar-refractivity contribution in [3.05, 3.63) is 42.0 Å². The third-order valence-electron chi connectivity index (χ3n) is 5.55. The Morgan fingerprint density at radius 2 is 1.74 bits per heavy atom. The van der Waals surface area contributed by atoms with Crippen LogP contribution in [0.1, 0.15) is 31.7 Å². The molecule has 35 heavy (non-hydrogen) atoms. The normalized spacial score (nSPS) is 15.3. The van der Waals surface area contributed by atoms with Crippen molar-refractivity contribution in [3.8, 4) is 11.5 Å². The van der Waals surface area contributed by atoms with E-state index in [4.69, 9.17) is 14.5 Å². The van der Waals surface area contributed by atoms with Gasteiger partial charge in [0.2, 0.25) is 21.8 Å². The van der Waals surface area contributed by atoms with Gasteiger partial charge in [-0.3, -0.25) is 18.9 Å². The maximum Gasteiger partial charge on any atom is 0.240 e. The molecule has 1 heterocycles. The van der Waals surface area contributed by atoms with Crippen LogP contribution < -0.4 is 24.4 Å². The first-order valence-corrected chi connectivity index (χ1v) is 13.0. The summed E-state index contributed by atoms with van der Waals surface area (Å²) in [5, 5.41) is 5.48. The highest BCUT2D eigenvalue weighted by molar-refractivity contribution is 7.92. The van der Waals surface area contributed by atoms with Crippen molar-refractivity contribution in [2.75, 3.05) is 43.2 Å². The van der Waals surface area contributed by atoms with E-state index in [1.807, 2.05) is 6.92 Å². The van der Waals surface area contributed by atoms with Crippen LogP contribution >= 0.6 is 0 Å². The molecule has 2 aromatic carbocycles. The Kier molecular flexibility index (Phi) is 8.00. The maximum atomic E-state index is 12.8. The Balaban J connectivity index is 1.93. The number of amides is 2.